The number of rotatable bonds is 4. The smallest absolute Gasteiger partial charge is 0.238 e. The maximum absolute atomic E-state index is 12.4. The number of nitrogens with zero attached hydrogens (tertiary/aromatic N) is 2. The molecule has 1 aromatic carbocycles. The fraction of sp³-hybridized carbons (Fsp3) is 0.500. The number of likely N-dealkylation sites (tertiary alicyclic amines) is 1. The van der Waals surface area contributed by atoms with E-state index >= 15 is 0 Å². The van der Waals surface area contributed by atoms with Crippen molar-refractivity contribution in [3.63, 3.8) is 0 Å². The molecule has 0 spiro atoms. The van der Waals surface area contributed by atoms with Crippen LogP contribution < -0.4 is 5.32 Å². The van der Waals surface area contributed by atoms with Crippen LogP contribution in [0.15, 0.2) is 6.07 Å². The van der Waals surface area contributed by atoms with Gasteiger partial charge in [-0.3, -0.25) is 14.5 Å². The van der Waals surface area contributed by atoms with E-state index < -0.39 is 0 Å². The van der Waals surface area contributed by atoms with Gasteiger partial charge in [-0.1, -0.05) is 46.4 Å². The number of benzene rings is 1. The number of piperidine rings is 1. The monoisotopic (exact) mass is 425 g/mol. The van der Waals surface area contributed by atoms with E-state index in [0.717, 1.165) is 19.4 Å². The zero-order chi connectivity index (χ0) is 18.7. The van der Waals surface area contributed by atoms with Crippen LogP contribution in [0.4, 0.5) is 5.69 Å². The molecular formula is C16H19Cl4N3O2. The molecule has 1 fully saturated rings. The second kappa shape index (κ2) is 8.78. The molecule has 0 aromatic heterocycles. The molecule has 2 rings (SSSR count). The normalized spacial score (nSPS) is 18.1. The number of halogens is 4. The van der Waals surface area contributed by atoms with Gasteiger partial charge in [0.05, 0.1) is 38.2 Å². The van der Waals surface area contributed by atoms with Gasteiger partial charge in [0.15, 0.2) is 0 Å². The summed E-state index contributed by atoms with van der Waals surface area (Å²) in [6.45, 7) is 1.43. The quantitative estimate of drug-likeness (QED) is 0.739. The fourth-order valence-corrected chi connectivity index (χ4v) is 3.73. The van der Waals surface area contributed by atoms with Crippen LogP contribution >= 0.6 is 46.4 Å². The molecular weight excluding hydrogens is 408 g/mol. The van der Waals surface area contributed by atoms with Crippen molar-refractivity contribution in [2.75, 3.05) is 39.0 Å². The van der Waals surface area contributed by atoms with E-state index in [4.69, 9.17) is 46.4 Å². The summed E-state index contributed by atoms with van der Waals surface area (Å²) in [5.41, 5.74) is 0.198. The minimum atomic E-state index is -0.292. The van der Waals surface area contributed by atoms with E-state index in [1.807, 2.05) is 4.90 Å². The summed E-state index contributed by atoms with van der Waals surface area (Å²) in [4.78, 5) is 28.0. The highest BCUT2D eigenvalue weighted by atomic mass is 35.5. The highest BCUT2D eigenvalue weighted by Crippen LogP contribution is 2.41. The molecule has 1 atom stereocenters. The third-order valence-corrected chi connectivity index (χ3v) is 5.61. The number of nitrogens with one attached hydrogen (secondary N) is 1. The molecule has 138 valence electrons. The second-order valence-electron chi connectivity index (χ2n) is 6.20. The first kappa shape index (κ1) is 20.6. The Hall–Kier alpha value is -0.720. The van der Waals surface area contributed by atoms with Crippen LogP contribution in [0.3, 0.4) is 0 Å². The van der Waals surface area contributed by atoms with E-state index in [2.05, 4.69) is 5.32 Å². The lowest BCUT2D eigenvalue weighted by atomic mass is 9.97. The minimum Gasteiger partial charge on any atom is -0.349 e. The third kappa shape index (κ3) is 5.14. The Balaban J connectivity index is 2.02. The Morgan fingerprint density at radius 1 is 1.20 bits per heavy atom. The third-order valence-electron chi connectivity index (χ3n) is 4.04. The van der Waals surface area contributed by atoms with Crippen molar-refractivity contribution in [3.05, 3.63) is 26.2 Å². The molecule has 1 N–H and O–H groups in total. The van der Waals surface area contributed by atoms with Gasteiger partial charge < -0.3 is 10.2 Å². The number of carbonyl (C=O) groups is 2. The van der Waals surface area contributed by atoms with Crippen LogP contribution in [0.2, 0.25) is 20.1 Å². The first-order valence-corrected chi connectivity index (χ1v) is 9.28. The number of carbonyl (C=O) groups excluding carboxylic acids is 2. The molecule has 25 heavy (non-hydrogen) atoms. The highest BCUT2D eigenvalue weighted by molar-refractivity contribution is 6.50. The lowest BCUT2D eigenvalue weighted by molar-refractivity contribution is -0.135. The molecule has 1 aliphatic heterocycles. The van der Waals surface area contributed by atoms with Gasteiger partial charge in [0.2, 0.25) is 11.8 Å². The first-order valence-electron chi connectivity index (χ1n) is 7.77. The highest BCUT2D eigenvalue weighted by Gasteiger charge is 2.28. The van der Waals surface area contributed by atoms with Crippen LogP contribution in [0, 0.1) is 5.92 Å². The fourth-order valence-electron chi connectivity index (χ4n) is 2.83. The average molecular weight is 427 g/mol. The zero-order valence-corrected chi connectivity index (χ0v) is 16.9. The average Bonchev–Trinajstić information content (AvgIpc) is 2.56. The van der Waals surface area contributed by atoms with Gasteiger partial charge in [0, 0.05) is 20.6 Å². The molecule has 1 unspecified atom stereocenters. The summed E-state index contributed by atoms with van der Waals surface area (Å²) in [7, 11) is 3.47. The Bertz CT molecular complexity index is 656. The van der Waals surface area contributed by atoms with Crippen molar-refractivity contribution < 1.29 is 9.59 Å². The standard InChI is InChI=1S/C16H19Cl4N3O2/c1-22(2)16(25)9-4-3-5-23(7-9)8-12(24)21-15-13(19)10(17)6-11(18)14(15)20/h6,9H,3-5,7-8H2,1-2H3,(H,21,24). The van der Waals surface area contributed by atoms with Gasteiger partial charge >= 0.3 is 0 Å². The summed E-state index contributed by atoms with van der Waals surface area (Å²) in [6.07, 6.45) is 1.69. The van der Waals surface area contributed by atoms with Crippen molar-refractivity contribution >= 4 is 63.9 Å². The van der Waals surface area contributed by atoms with Gasteiger partial charge in [0.1, 0.15) is 0 Å². The van der Waals surface area contributed by atoms with Crippen LogP contribution in [0.5, 0.6) is 0 Å². The van der Waals surface area contributed by atoms with E-state index in [-0.39, 0.29) is 50.1 Å². The van der Waals surface area contributed by atoms with Gasteiger partial charge in [0.25, 0.3) is 0 Å². The molecule has 0 saturated carbocycles. The van der Waals surface area contributed by atoms with Crippen LogP contribution in [0.1, 0.15) is 12.8 Å². The minimum absolute atomic E-state index is 0.0813. The van der Waals surface area contributed by atoms with Gasteiger partial charge in [-0.15, -0.1) is 0 Å². The lowest BCUT2D eigenvalue weighted by Crippen LogP contribution is -2.45. The molecule has 9 heteroatoms. The van der Waals surface area contributed by atoms with Gasteiger partial charge in [-0.25, -0.2) is 0 Å². The van der Waals surface area contributed by atoms with Crippen LogP contribution in [0.25, 0.3) is 0 Å². The summed E-state index contributed by atoms with van der Waals surface area (Å²) in [6, 6.07) is 1.42. The predicted octanol–water partition coefficient (Wildman–Crippen LogP) is 4.04. The van der Waals surface area contributed by atoms with Crippen molar-refractivity contribution in [2.24, 2.45) is 5.92 Å². The molecule has 1 saturated heterocycles. The topological polar surface area (TPSA) is 52.7 Å². The summed E-state index contributed by atoms with van der Waals surface area (Å²) in [5.74, 6) is -0.303. The van der Waals surface area contributed by atoms with E-state index in [1.165, 1.54) is 6.07 Å². The Labute approximate surface area is 167 Å². The van der Waals surface area contributed by atoms with Gasteiger partial charge in [-0.2, -0.15) is 0 Å². The number of amides is 2. The molecule has 0 bridgehead atoms. The molecule has 0 radical (unpaired) electrons. The van der Waals surface area contributed by atoms with Crippen molar-refractivity contribution in [1.82, 2.24) is 9.80 Å². The molecule has 1 aromatic rings. The second-order valence-corrected chi connectivity index (χ2v) is 7.77. The van der Waals surface area contributed by atoms with Crippen LogP contribution in [-0.4, -0.2) is 55.3 Å². The van der Waals surface area contributed by atoms with Crippen molar-refractivity contribution in [1.29, 1.82) is 0 Å². The maximum atomic E-state index is 12.4. The number of hydrogen-bond acceptors (Lipinski definition) is 3. The Kier molecular flexibility index (Phi) is 7.23. The van der Waals surface area contributed by atoms with Gasteiger partial charge in [-0.05, 0) is 25.5 Å². The van der Waals surface area contributed by atoms with Crippen molar-refractivity contribution in [3.8, 4) is 0 Å². The Morgan fingerprint density at radius 2 is 1.80 bits per heavy atom. The number of hydrogen-bond donors (Lipinski definition) is 1. The zero-order valence-electron chi connectivity index (χ0n) is 13.9. The van der Waals surface area contributed by atoms with Crippen LogP contribution in [-0.2, 0) is 9.59 Å². The maximum Gasteiger partial charge on any atom is 0.238 e. The lowest BCUT2D eigenvalue weighted by Gasteiger charge is -2.32. The summed E-state index contributed by atoms with van der Waals surface area (Å²) < 4.78 is 0. The van der Waals surface area contributed by atoms with Crippen molar-refractivity contribution in [2.45, 2.75) is 12.8 Å². The van der Waals surface area contributed by atoms with E-state index in [0.29, 0.717) is 6.54 Å². The molecule has 1 heterocycles. The molecule has 2 amide bonds. The molecule has 5 nitrogen and oxygen atoms in total. The summed E-state index contributed by atoms with van der Waals surface area (Å²) in [5, 5.41) is 3.37. The Morgan fingerprint density at radius 3 is 2.36 bits per heavy atom. The number of anilines is 1. The molecule has 0 aliphatic carbocycles. The predicted molar refractivity (Wildman–Crippen MR) is 103 cm³/mol. The molecule has 1 aliphatic rings. The first-order chi connectivity index (χ1) is 11.7. The largest absolute Gasteiger partial charge is 0.349 e. The van der Waals surface area contributed by atoms with E-state index in [1.54, 1.807) is 19.0 Å². The summed E-state index contributed by atoms with van der Waals surface area (Å²) >= 11 is 24.1. The van der Waals surface area contributed by atoms with E-state index in [9.17, 15) is 9.59 Å². The SMILES string of the molecule is CN(C)C(=O)C1CCCN(CC(=O)Nc2c(Cl)c(Cl)cc(Cl)c2Cl)C1.